The van der Waals surface area contributed by atoms with Crippen LogP contribution in [0.5, 0.6) is 5.75 Å². The molecule has 0 amide bonds. The number of nitrogen functional groups attached to an aromatic ring is 1. The molecular weight excluding hydrogens is 172 g/mol. The molecule has 1 aromatic rings. The minimum Gasteiger partial charge on any atom is -0.493 e. The van der Waals surface area contributed by atoms with Crippen molar-refractivity contribution in [3.05, 3.63) is 17.8 Å². The van der Waals surface area contributed by atoms with Crippen molar-refractivity contribution in [2.45, 2.75) is 5.75 Å². The van der Waals surface area contributed by atoms with E-state index in [0.717, 1.165) is 11.3 Å². The Morgan fingerprint density at radius 1 is 1.67 bits per heavy atom. The Morgan fingerprint density at radius 2 is 2.42 bits per heavy atom. The SMILES string of the molecule is COc1cc(CSC)cnc1N. The Kier molecular flexibility index (Phi) is 3.22. The summed E-state index contributed by atoms with van der Waals surface area (Å²) in [6.45, 7) is 0. The smallest absolute Gasteiger partial charge is 0.166 e. The van der Waals surface area contributed by atoms with Crippen molar-refractivity contribution in [2.24, 2.45) is 0 Å². The van der Waals surface area contributed by atoms with Gasteiger partial charge in [-0.2, -0.15) is 11.8 Å². The maximum Gasteiger partial charge on any atom is 0.166 e. The molecule has 0 aliphatic rings. The van der Waals surface area contributed by atoms with Crippen LogP contribution in [0.4, 0.5) is 5.82 Å². The van der Waals surface area contributed by atoms with Crippen molar-refractivity contribution in [3.8, 4) is 5.75 Å². The molecule has 12 heavy (non-hydrogen) atoms. The fourth-order valence-electron chi connectivity index (χ4n) is 0.905. The molecule has 0 atom stereocenters. The van der Waals surface area contributed by atoms with E-state index in [0.29, 0.717) is 11.6 Å². The lowest BCUT2D eigenvalue weighted by atomic mass is 10.3. The van der Waals surface area contributed by atoms with Crippen LogP contribution in [0, 0.1) is 0 Å². The quantitative estimate of drug-likeness (QED) is 0.774. The van der Waals surface area contributed by atoms with E-state index in [4.69, 9.17) is 10.5 Å². The Morgan fingerprint density at radius 3 is 3.00 bits per heavy atom. The molecule has 0 saturated heterocycles. The van der Waals surface area contributed by atoms with Gasteiger partial charge >= 0.3 is 0 Å². The number of ether oxygens (including phenoxy) is 1. The molecular formula is C8H12N2OS. The number of rotatable bonds is 3. The number of thioether (sulfide) groups is 1. The van der Waals surface area contributed by atoms with Gasteiger partial charge in [0, 0.05) is 11.9 Å². The Hall–Kier alpha value is -0.900. The van der Waals surface area contributed by atoms with E-state index in [1.807, 2.05) is 12.3 Å². The Bertz CT molecular complexity index is 265. The highest BCUT2D eigenvalue weighted by Gasteiger charge is 2.00. The van der Waals surface area contributed by atoms with Crippen LogP contribution in [0.15, 0.2) is 12.3 Å². The minimum atomic E-state index is 0.447. The normalized spacial score (nSPS) is 9.83. The zero-order chi connectivity index (χ0) is 8.97. The van der Waals surface area contributed by atoms with Gasteiger partial charge in [0.15, 0.2) is 11.6 Å². The van der Waals surface area contributed by atoms with Gasteiger partial charge in [0.1, 0.15) is 0 Å². The van der Waals surface area contributed by atoms with Gasteiger partial charge in [-0.3, -0.25) is 0 Å². The molecule has 2 N–H and O–H groups in total. The molecule has 0 bridgehead atoms. The van der Waals surface area contributed by atoms with Gasteiger partial charge in [-0.1, -0.05) is 0 Å². The first kappa shape index (κ1) is 9.19. The van der Waals surface area contributed by atoms with Crippen molar-refractivity contribution < 1.29 is 4.74 Å². The van der Waals surface area contributed by atoms with Crippen molar-refractivity contribution in [1.82, 2.24) is 4.98 Å². The molecule has 4 heteroatoms. The first-order valence-electron chi connectivity index (χ1n) is 3.55. The third-order valence-electron chi connectivity index (χ3n) is 1.47. The zero-order valence-electron chi connectivity index (χ0n) is 7.20. The van der Waals surface area contributed by atoms with Gasteiger partial charge < -0.3 is 10.5 Å². The van der Waals surface area contributed by atoms with Crippen LogP contribution in [0.1, 0.15) is 5.56 Å². The molecule has 0 unspecified atom stereocenters. The van der Waals surface area contributed by atoms with Gasteiger partial charge in [-0.25, -0.2) is 4.98 Å². The van der Waals surface area contributed by atoms with Gasteiger partial charge in [0.05, 0.1) is 7.11 Å². The number of aromatic nitrogens is 1. The summed E-state index contributed by atoms with van der Waals surface area (Å²) in [6.07, 6.45) is 3.82. The summed E-state index contributed by atoms with van der Waals surface area (Å²) in [5.74, 6) is 2.04. The van der Waals surface area contributed by atoms with Gasteiger partial charge in [0.25, 0.3) is 0 Å². The third-order valence-corrected chi connectivity index (χ3v) is 2.09. The van der Waals surface area contributed by atoms with Crippen LogP contribution < -0.4 is 10.5 Å². The summed E-state index contributed by atoms with van der Waals surface area (Å²) in [5.41, 5.74) is 6.69. The predicted molar refractivity (Wildman–Crippen MR) is 52.4 cm³/mol. The average Bonchev–Trinajstić information content (AvgIpc) is 2.09. The molecule has 3 nitrogen and oxygen atoms in total. The molecule has 0 fully saturated rings. The van der Waals surface area contributed by atoms with Crippen molar-refractivity contribution in [3.63, 3.8) is 0 Å². The van der Waals surface area contributed by atoms with Crippen LogP contribution >= 0.6 is 11.8 Å². The van der Waals surface area contributed by atoms with Gasteiger partial charge in [-0.05, 0) is 17.9 Å². The predicted octanol–water partition coefficient (Wildman–Crippen LogP) is 1.54. The third kappa shape index (κ3) is 2.04. The van der Waals surface area contributed by atoms with Gasteiger partial charge in [-0.15, -0.1) is 0 Å². The average molecular weight is 184 g/mol. The second-order valence-corrected chi connectivity index (χ2v) is 3.23. The first-order valence-corrected chi connectivity index (χ1v) is 4.94. The maximum atomic E-state index is 5.55. The number of hydrogen-bond donors (Lipinski definition) is 1. The fourth-order valence-corrected chi connectivity index (χ4v) is 1.40. The van der Waals surface area contributed by atoms with Gasteiger partial charge in [0.2, 0.25) is 0 Å². The number of nitrogens with two attached hydrogens (primary N) is 1. The summed E-state index contributed by atoms with van der Waals surface area (Å²) in [5, 5.41) is 0. The summed E-state index contributed by atoms with van der Waals surface area (Å²) in [7, 11) is 1.59. The molecule has 0 saturated carbocycles. The minimum absolute atomic E-state index is 0.447. The number of anilines is 1. The Balaban J connectivity index is 2.89. The zero-order valence-corrected chi connectivity index (χ0v) is 8.02. The van der Waals surface area contributed by atoms with E-state index in [-0.39, 0.29) is 0 Å². The summed E-state index contributed by atoms with van der Waals surface area (Å²) < 4.78 is 5.04. The van der Waals surface area contributed by atoms with Crippen molar-refractivity contribution in [1.29, 1.82) is 0 Å². The largest absolute Gasteiger partial charge is 0.493 e. The van der Waals surface area contributed by atoms with Crippen molar-refractivity contribution >= 4 is 17.6 Å². The van der Waals surface area contributed by atoms with Crippen molar-refractivity contribution in [2.75, 3.05) is 19.1 Å². The van der Waals surface area contributed by atoms with E-state index in [1.54, 1.807) is 25.1 Å². The monoisotopic (exact) mass is 184 g/mol. The first-order chi connectivity index (χ1) is 5.77. The number of pyridine rings is 1. The topological polar surface area (TPSA) is 48.1 Å². The van der Waals surface area contributed by atoms with Crippen LogP contribution in [-0.4, -0.2) is 18.3 Å². The second-order valence-electron chi connectivity index (χ2n) is 2.36. The molecule has 0 aromatic carbocycles. The van der Waals surface area contributed by atoms with Crippen LogP contribution in [0.3, 0.4) is 0 Å². The van der Waals surface area contributed by atoms with Crippen LogP contribution in [0.25, 0.3) is 0 Å². The number of methoxy groups -OCH3 is 1. The van der Waals surface area contributed by atoms with E-state index in [9.17, 15) is 0 Å². The van der Waals surface area contributed by atoms with E-state index >= 15 is 0 Å². The molecule has 0 aliphatic heterocycles. The van der Waals surface area contributed by atoms with Crippen LogP contribution in [-0.2, 0) is 5.75 Å². The maximum absolute atomic E-state index is 5.55. The number of nitrogens with zero attached hydrogens (tertiary/aromatic N) is 1. The molecule has 66 valence electrons. The standard InChI is InChI=1S/C8H12N2OS/c1-11-7-3-6(5-12-2)4-10-8(7)9/h3-4H,5H2,1-2H3,(H2,9,10). The molecule has 0 aliphatic carbocycles. The highest BCUT2D eigenvalue weighted by molar-refractivity contribution is 7.97. The summed E-state index contributed by atoms with van der Waals surface area (Å²) in [6, 6.07) is 1.92. The van der Waals surface area contributed by atoms with E-state index in [1.165, 1.54) is 0 Å². The lowest BCUT2D eigenvalue weighted by Gasteiger charge is -2.04. The van der Waals surface area contributed by atoms with E-state index in [2.05, 4.69) is 4.98 Å². The number of hydrogen-bond acceptors (Lipinski definition) is 4. The molecule has 1 rings (SSSR count). The highest BCUT2D eigenvalue weighted by atomic mass is 32.2. The molecule has 0 spiro atoms. The highest BCUT2D eigenvalue weighted by Crippen LogP contribution is 2.20. The summed E-state index contributed by atoms with van der Waals surface area (Å²) >= 11 is 1.74. The fraction of sp³-hybridized carbons (Fsp3) is 0.375. The lowest BCUT2D eigenvalue weighted by molar-refractivity contribution is 0.415. The van der Waals surface area contributed by atoms with E-state index < -0.39 is 0 Å². The van der Waals surface area contributed by atoms with Crippen LogP contribution in [0.2, 0.25) is 0 Å². The summed E-state index contributed by atoms with van der Waals surface area (Å²) in [4.78, 5) is 4.01. The Labute approximate surface area is 76.3 Å². The molecule has 0 radical (unpaired) electrons. The second kappa shape index (κ2) is 4.21. The molecule has 1 heterocycles. The lowest BCUT2D eigenvalue weighted by Crippen LogP contribution is -1.96. The molecule has 1 aromatic heterocycles.